The fourth-order valence-electron chi connectivity index (χ4n) is 3.34. The highest BCUT2D eigenvalue weighted by molar-refractivity contribution is 5.40. The van der Waals surface area contributed by atoms with E-state index in [1.54, 1.807) is 0 Å². The molecule has 0 amide bonds. The maximum absolute atomic E-state index is 5.94. The number of hydrogen-bond acceptors (Lipinski definition) is 3. The lowest BCUT2D eigenvalue weighted by Crippen LogP contribution is -2.25. The molecule has 0 bridgehead atoms. The van der Waals surface area contributed by atoms with Crippen LogP contribution in [0.1, 0.15) is 56.2 Å². The third kappa shape index (κ3) is 3.78. The van der Waals surface area contributed by atoms with Gasteiger partial charge in [0.15, 0.2) is 0 Å². The monoisotopic (exact) mass is 289 g/mol. The Morgan fingerprint density at radius 3 is 3.05 bits per heavy atom. The van der Waals surface area contributed by atoms with E-state index in [1.165, 1.54) is 36.8 Å². The normalized spacial score (nSPS) is 24.8. The van der Waals surface area contributed by atoms with E-state index >= 15 is 0 Å². The first-order valence-corrected chi connectivity index (χ1v) is 8.47. The van der Waals surface area contributed by atoms with Crippen molar-refractivity contribution < 1.29 is 9.47 Å². The Hall–Kier alpha value is -1.06. The van der Waals surface area contributed by atoms with Crippen LogP contribution in [0, 0.1) is 0 Å². The number of aryl methyl sites for hydroxylation is 1. The van der Waals surface area contributed by atoms with Crippen molar-refractivity contribution in [2.45, 2.75) is 57.6 Å². The van der Waals surface area contributed by atoms with Crippen LogP contribution in [-0.4, -0.2) is 25.9 Å². The van der Waals surface area contributed by atoms with Gasteiger partial charge in [-0.15, -0.1) is 0 Å². The minimum absolute atomic E-state index is 0.283. The lowest BCUT2D eigenvalue weighted by molar-refractivity contribution is -0.0110. The SMILES string of the molecule is CCCNC1CCc2cc(OCC3CCCCO3)ccc21. The first-order chi connectivity index (χ1) is 10.4. The molecule has 0 saturated carbocycles. The van der Waals surface area contributed by atoms with Crippen molar-refractivity contribution in [1.29, 1.82) is 0 Å². The van der Waals surface area contributed by atoms with Crippen LogP contribution in [0.2, 0.25) is 0 Å². The summed E-state index contributed by atoms with van der Waals surface area (Å²) in [6, 6.07) is 7.13. The molecular weight excluding hydrogens is 262 g/mol. The van der Waals surface area contributed by atoms with Gasteiger partial charge in [-0.3, -0.25) is 0 Å². The molecule has 2 atom stereocenters. The second kappa shape index (κ2) is 7.28. The van der Waals surface area contributed by atoms with E-state index in [-0.39, 0.29) is 6.10 Å². The van der Waals surface area contributed by atoms with Crippen LogP contribution >= 0.6 is 0 Å². The molecular formula is C18H27NO2. The molecule has 1 saturated heterocycles. The highest BCUT2D eigenvalue weighted by atomic mass is 16.5. The minimum Gasteiger partial charge on any atom is -0.491 e. The summed E-state index contributed by atoms with van der Waals surface area (Å²) in [5.41, 5.74) is 2.91. The van der Waals surface area contributed by atoms with E-state index in [1.807, 2.05) is 0 Å². The van der Waals surface area contributed by atoms with Gasteiger partial charge in [0.05, 0.1) is 6.10 Å². The fourth-order valence-corrected chi connectivity index (χ4v) is 3.34. The maximum atomic E-state index is 5.94. The molecule has 2 aliphatic rings. The first-order valence-electron chi connectivity index (χ1n) is 8.47. The highest BCUT2D eigenvalue weighted by Crippen LogP contribution is 2.33. The van der Waals surface area contributed by atoms with E-state index in [9.17, 15) is 0 Å². The quantitative estimate of drug-likeness (QED) is 0.867. The van der Waals surface area contributed by atoms with Crippen LogP contribution in [0.25, 0.3) is 0 Å². The van der Waals surface area contributed by atoms with Gasteiger partial charge < -0.3 is 14.8 Å². The van der Waals surface area contributed by atoms with Crippen LogP contribution in [-0.2, 0) is 11.2 Å². The van der Waals surface area contributed by atoms with Gasteiger partial charge in [-0.2, -0.15) is 0 Å². The van der Waals surface area contributed by atoms with Gasteiger partial charge in [0.25, 0.3) is 0 Å². The van der Waals surface area contributed by atoms with Gasteiger partial charge in [0.2, 0.25) is 0 Å². The summed E-state index contributed by atoms with van der Waals surface area (Å²) < 4.78 is 11.7. The summed E-state index contributed by atoms with van der Waals surface area (Å²) in [5, 5.41) is 3.63. The smallest absolute Gasteiger partial charge is 0.119 e. The molecule has 21 heavy (non-hydrogen) atoms. The summed E-state index contributed by atoms with van der Waals surface area (Å²) >= 11 is 0. The number of ether oxygens (including phenoxy) is 2. The summed E-state index contributed by atoms with van der Waals surface area (Å²) in [4.78, 5) is 0. The molecule has 116 valence electrons. The molecule has 3 nitrogen and oxygen atoms in total. The van der Waals surface area contributed by atoms with Crippen LogP contribution < -0.4 is 10.1 Å². The third-order valence-electron chi connectivity index (χ3n) is 4.54. The van der Waals surface area contributed by atoms with Gasteiger partial charge in [-0.25, -0.2) is 0 Å². The minimum atomic E-state index is 0.283. The van der Waals surface area contributed by atoms with Crippen molar-refractivity contribution in [3.8, 4) is 5.75 Å². The molecule has 3 heteroatoms. The first kappa shape index (κ1) is 14.9. The van der Waals surface area contributed by atoms with Gasteiger partial charge in [-0.1, -0.05) is 13.0 Å². The van der Waals surface area contributed by atoms with Crippen molar-refractivity contribution in [2.24, 2.45) is 0 Å². The van der Waals surface area contributed by atoms with E-state index in [4.69, 9.17) is 9.47 Å². The number of hydrogen-bond donors (Lipinski definition) is 1. The Morgan fingerprint density at radius 1 is 1.29 bits per heavy atom. The number of nitrogens with one attached hydrogen (secondary N) is 1. The summed E-state index contributed by atoms with van der Waals surface area (Å²) in [5.74, 6) is 0.999. The van der Waals surface area contributed by atoms with Crippen molar-refractivity contribution in [3.63, 3.8) is 0 Å². The predicted octanol–water partition coefficient (Wildman–Crippen LogP) is 3.62. The van der Waals surface area contributed by atoms with Crippen LogP contribution in [0.4, 0.5) is 0 Å². The summed E-state index contributed by atoms with van der Waals surface area (Å²) in [6.45, 7) is 4.90. The lowest BCUT2D eigenvalue weighted by Gasteiger charge is -2.22. The molecule has 0 spiro atoms. The fraction of sp³-hybridized carbons (Fsp3) is 0.667. The van der Waals surface area contributed by atoms with Gasteiger partial charge in [0, 0.05) is 12.6 Å². The highest BCUT2D eigenvalue weighted by Gasteiger charge is 2.22. The molecule has 1 heterocycles. The number of rotatable bonds is 6. The Kier molecular flexibility index (Phi) is 5.15. The average Bonchev–Trinajstić information content (AvgIpc) is 2.94. The molecule has 3 rings (SSSR count). The van der Waals surface area contributed by atoms with E-state index in [2.05, 4.69) is 30.4 Å². The van der Waals surface area contributed by atoms with Crippen molar-refractivity contribution in [3.05, 3.63) is 29.3 Å². The molecule has 1 N–H and O–H groups in total. The second-order valence-electron chi connectivity index (χ2n) is 6.21. The van der Waals surface area contributed by atoms with Crippen molar-refractivity contribution in [2.75, 3.05) is 19.8 Å². The zero-order chi connectivity index (χ0) is 14.5. The van der Waals surface area contributed by atoms with E-state index < -0.39 is 0 Å². The average molecular weight is 289 g/mol. The number of benzene rings is 1. The Labute approximate surface area is 128 Å². The Morgan fingerprint density at radius 2 is 2.24 bits per heavy atom. The van der Waals surface area contributed by atoms with Crippen LogP contribution in [0.15, 0.2) is 18.2 Å². The summed E-state index contributed by atoms with van der Waals surface area (Å²) in [6.07, 6.45) is 7.44. The largest absolute Gasteiger partial charge is 0.491 e. The van der Waals surface area contributed by atoms with E-state index in [0.717, 1.165) is 31.7 Å². The summed E-state index contributed by atoms with van der Waals surface area (Å²) in [7, 11) is 0. The van der Waals surface area contributed by atoms with Gasteiger partial charge >= 0.3 is 0 Å². The molecule has 2 unspecified atom stereocenters. The van der Waals surface area contributed by atoms with E-state index in [0.29, 0.717) is 12.6 Å². The second-order valence-corrected chi connectivity index (χ2v) is 6.21. The molecule has 1 aromatic rings. The van der Waals surface area contributed by atoms with Crippen LogP contribution in [0.5, 0.6) is 5.75 Å². The molecule has 0 radical (unpaired) electrons. The zero-order valence-corrected chi connectivity index (χ0v) is 13.1. The molecule has 0 aromatic heterocycles. The zero-order valence-electron chi connectivity index (χ0n) is 13.1. The van der Waals surface area contributed by atoms with Crippen LogP contribution in [0.3, 0.4) is 0 Å². The lowest BCUT2D eigenvalue weighted by atomic mass is 10.1. The standard InChI is InChI=1S/C18H27NO2/c1-2-10-19-18-9-6-14-12-15(7-8-17(14)18)21-13-16-5-3-4-11-20-16/h7-8,12,16,18-19H,2-6,9-11,13H2,1H3. The molecule has 1 aliphatic carbocycles. The Bertz CT molecular complexity index is 455. The topological polar surface area (TPSA) is 30.5 Å². The maximum Gasteiger partial charge on any atom is 0.119 e. The number of fused-ring (bicyclic) bond motifs is 1. The third-order valence-corrected chi connectivity index (χ3v) is 4.54. The molecule has 1 aromatic carbocycles. The molecule has 1 fully saturated rings. The predicted molar refractivity (Wildman–Crippen MR) is 84.9 cm³/mol. The van der Waals surface area contributed by atoms with Crippen molar-refractivity contribution >= 4 is 0 Å². The van der Waals surface area contributed by atoms with Gasteiger partial charge in [0.1, 0.15) is 12.4 Å². The Balaban J connectivity index is 1.56. The van der Waals surface area contributed by atoms with Gasteiger partial charge in [-0.05, 0) is 68.3 Å². The molecule has 1 aliphatic heterocycles. The van der Waals surface area contributed by atoms with Crippen molar-refractivity contribution in [1.82, 2.24) is 5.32 Å².